The maximum atomic E-state index is 10.6. The van der Waals surface area contributed by atoms with Crippen LogP contribution in [0.3, 0.4) is 0 Å². The Labute approximate surface area is 96.7 Å². The smallest absolute Gasteiger partial charge is 0.227 e. The van der Waals surface area contributed by atoms with E-state index in [-0.39, 0.29) is 17.8 Å². The summed E-state index contributed by atoms with van der Waals surface area (Å²) in [6, 6.07) is 0. The molecule has 8 heteroatoms. The fraction of sp³-hybridized carbons (Fsp3) is 0.750. The molecular formula is C8H13N5O2S. The van der Waals surface area contributed by atoms with E-state index < -0.39 is 0 Å². The highest BCUT2D eigenvalue weighted by Gasteiger charge is 2.18. The Bertz CT molecular complexity index is 363. The van der Waals surface area contributed by atoms with Crippen molar-refractivity contribution in [3.63, 3.8) is 0 Å². The topological polar surface area (TPSA) is 95.9 Å². The molecule has 88 valence electrons. The molecule has 1 fully saturated rings. The second-order valence-corrected chi connectivity index (χ2v) is 4.48. The van der Waals surface area contributed by atoms with E-state index in [0.717, 1.165) is 19.4 Å². The molecule has 1 aromatic heterocycles. The molecule has 2 rings (SSSR count). The highest BCUT2D eigenvalue weighted by molar-refractivity contribution is 7.99. The number of thioether (sulfide) groups is 1. The Morgan fingerprint density at radius 3 is 3.25 bits per heavy atom. The number of aromatic nitrogens is 4. The number of hydrogen-bond donors (Lipinski definition) is 1. The average molecular weight is 243 g/mol. The van der Waals surface area contributed by atoms with Crippen LogP contribution in [0.1, 0.15) is 12.8 Å². The van der Waals surface area contributed by atoms with Gasteiger partial charge in [-0.2, -0.15) is 0 Å². The number of carbonyl (C=O) groups excluding carboxylic acids is 1. The summed E-state index contributed by atoms with van der Waals surface area (Å²) in [6.07, 6.45) is 2.28. The molecule has 1 aromatic rings. The van der Waals surface area contributed by atoms with Crippen molar-refractivity contribution in [2.24, 2.45) is 5.73 Å². The van der Waals surface area contributed by atoms with Gasteiger partial charge in [0.1, 0.15) is 0 Å². The summed E-state index contributed by atoms with van der Waals surface area (Å²) < 4.78 is 7.15. The Morgan fingerprint density at radius 2 is 2.56 bits per heavy atom. The standard InChI is InChI=1S/C8H13N5O2S/c9-7(14)5-16-8-10-11-12-13(8)4-6-2-1-3-15-6/h6H,1-5H2,(H2,9,14)/t6-/m0/s1. The van der Waals surface area contributed by atoms with Gasteiger partial charge in [-0.3, -0.25) is 4.79 Å². The predicted molar refractivity (Wildman–Crippen MR) is 56.7 cm³/mol. The van der Waals surface area contributed by atoms with Gasteiger partial charge in [-0.15, -0.1) is 5.10 Å². The minimum Gasteiger partial charge on any atom is -0.376 e. The first-order valence-electron chi connectivity index (χ1n) is 5.04. The minimum absolute atomic E-state index is 0.177. The molecule has 7 nitrogen and oxygen atoms in total. The van der Waals surface area contributed by atoms with Gasteiger partial charge >= 0.3 is 0 Å². The lowest BCUT2D eigenvalue weighted by Crippen LogP contribution is -2.18. The molecule has 0 bridgehead atoms. The molecule has 0 saturated carbocycles. The van der Waals surface area contributed by atoms with Crippen molar-refractivity contribution in [2.75, 3.05) is 12.4 Å². The van der Waals surface area contributed by atoms with Gasteiger partial charge in [-0.05, 0) is 23.3 Å². The molecule has 0 radical (unpaired) electrons. The Hall–Kier alpha value is -1.15. The van der Waals surface area contributed by atoms with Crippen molar-refractivity contribution in [3.8, 4) is 0 Å². The summed E-state index contributed by atoms with van der Waals surface area (Å²) in [7, 11) is 0. The minimum atomic E-state index is -0.378. The highest BCUT2D eigenvalue weighted by atomic mass is 32.2. The van der Waals surface area contributed by atoms with E-state index in [4.69, 9.17) is 10.5 Å². The number of tetrazole rings is 1. The molecule has 0 aromatic carbocycles. The number of hydrogen-bond acceptors (Lipinski definition) is 6. The second-order valence-electron chi connectivity index (χ2n) is 3.53. The molecule has 0 spiro atoms. The van der Waals surface area contributed by atoms with Crippen LogP contribution in [-0.4, -0.2) is 44.6 Å². The van der Waals surface area contributed by atoms with Crippen LogP contribution in [0.15, 0.2) is 5.16 Å². The molecule has 1 amide bonds. The van der Waals surface area contributed by atoms with E-state index in [1.807, 2.05) is 0 Å². The summed E-state index contributed by atoms with van der Waals surface area (Å²) in [5.41, 5.74) is 5.06. The lowest BCUT2D eigenvalue weighted by Gasteiger charge is -2.09. The van der Waals surface area contributed by atoms with Gasteiger partial charge in [0.05, 0.1) is 18.4 Å². The monoisotopic (exact) mass is 243 g/mol. The van der Waals surface area contributed by atoms with Gasteiger partial charge < -0.3 is 10.5 Å². The summed E-state index contributed by atoms with van der Waals surface area (Å²) >= 11 is 1.24. The predicted octanol–water partition coefficient (Wildman–Crippen LogP) is -0.571. The van der Waals surface area contributed by atoms with Crippen LogP contribution in [-0.2, 0) is 16.1 Å². The maximum Gasteiger partial charge on any atom is 0.227 e. The number of amides is 1. The number of ether oxygens (including phenoxy) is 1. The van der Waals surface area contributed by atoms with Gasteiger partial charge in [0.15, 0.2) is 0 Å². The normalized spacial score (nSPS) is 20.1. The first-order valence-corrected chi connectivity index (χ1v) is 6.03. The lowest BCUT2D eigenvalue weighted by molar-refractivity contribution is -0.115. The molecule has 1 saturated heterocycles. The van der Waals surface area contributed by atoms with Crippen LogP contribution in [0, 0.1) is 0 Å². The van der Waals surface area contributed by atoms with Crippen molar-refractivity contribution < 1.29 is 9.53 Å². The first kappa shape index (κ1) is 11.3. The SMILES string of the molecule is NC(=O)CSc1nnnn1C[C@@H]1CCCO1. The summed E-state index contributed by atoms with van der Waals surface area (Å²) in [4.78, 5) is 10.6. The molecule has 0 unspecified atom stereocenters. The molecule has 1 aliphatic rings. The third-order valence-corrected chi connectivity index (χ3v) is 3.22. The fourth-order valence-electron chi connectivity index (χ4n) is 1.53. The van der Waals surface area contributed by atoms with Crippen LogP contribution >= 0.6 is 11.8 Å². The Kier molecular flexibility index (Phi) is 3.73. The van der Waals surface area contributed by atoms with Gasteiger partial charge in [0, 0.05) is 6.61 Å². The van der Waals surface area contributed by atoms with Crippen molar-refractivity contribution in [3.05, 3.63) is 0 Å². The summed E-state index contributed by atoms with van der Waals surface area (Å²) in [6.45, 7) is 1.44. The Balaban J connectivity index is 1.92. The molecule has 2 N–H and O–H groups in total. The van der Waals surface area contributed by atoms with Crippen molar-refractivity contribution >= 4 is 17.7 Å². The molecule has 2 heterocycles. The number of rotatable bonds is 5. The average Bonchev–Trinajstić information content (AvgIpc) is 2.87. The maximum absolute atomic E-state index is 10.6. The highest BCUT2D eigenvalue weighted by Crippen LogP contribution is 2.17. The molecule has 1 aliphatic heterocycles. The van der Waals surface area contributed by atoms with Crippen molar-refractivity contribution in [2.45, 2.75) is 30.6 Å². The molecule has 0 aliphatic carbocycles. The molecule has 1 atom stereocenters. The molecule has 16 heavy (non-hydrogen) atoms. The largest absolute Gasteiger partial charge is 0.376 e. The van der Waals surface area contributed by atoms with Gasteiger partial charge in [0.2, 0.25) is 11.1 Å². The zero-order chi connectivity index (χ0) is 11.4. The van der Waals surface area contributed by atoms with Crippen LogP contribution in [0.2, 0.25) is 0 Å². The van der Waals surface area contributed by atoms with E-state index in [0.29, 0.717) is 11.7 Å². The van der Waals surface area contributed by atoms with E-state index >= 15 is 0 Å². The third-order valence-electron chi connectivity index (χ3n) is 2.24. The van der Waals surface area contributed by atoms with Gasteiger partial charge in [-0.1, -0.05) is 11.8 Å². The van der Waals surface area contributed by atoms with Crippen LogP contribution in [0.5, 0.6) is 0 Å². The zero-order valence-corrected chi connectivity index (χ0v) is 9.52. The van der Waals surface area contributed by atoms with Crippen LogP contribution < -0.4 is 5.73 Å². The quantitative estimate of drug-likeness (QED) is 0.696. The fourth-order valence-corrected chi connectivity index (χ4v) is 2.16. The van der Waals surface area contributed by atoms with E-state index in [9.17, 15) is 4.79 Å². The molecular weight excluding hydrogens is 230 g/mol. The second kappa shape index (κ2) is 5.26. The zero-order valence-electron chi connectivity index (χ0n) is 8.70. The number of nitrogens with two attached hydrogens (primary N) is 1. The number of primary amides is 1. The third kappa shape index (κ3) is 2.92. The Morgan fingerprint density at radius 1 is 1.69 bits per heavy atom. The number of nitrogens with zero attached hydrogens (tertiary/aromatic N) is 4. The van der Waals surface area contributed by atoms with Crippen LogP contribution in [0.25, 0.3) is 0 Å². The van der Waals surface area contributed by atoms with E-state index in [2.05, 4.69) is 15.5 Å². The van der Waals surface area contributed by atoms with Crippen LogP contribution in [0.4, 0.5) is 0 Å². The lowest BCUT2D eigenvalue weighted by atomic mass is 10.2. The van der Waals surface area contributed by atoms with E-state index in [1.54, 1.807) is 4.68 Å². The first-order chi connectivity index (χ1) is 7.75. The van der Waals surface area contributed by atoms with Crippen molar-refractivity contribution in [1.82, 2.24) is 20.2 Å². The summed E-state index contributed by atoms with van der Waals surface area (Å²) in [5, 5.41) is 11.9. The van der Waals surface area contributed by atoms with Gasteiger partial charge in [-0.25, -0.2) is 4.68 Å². The number of carbonyl (C=O) groups is 1. The van der Waals surface area contributed by atoms with Crippen molar-refractivity contribution in [1.29, 1.82) is 0 Å². The summed E-state index contributed by atoms with van der Waals surface area (Å²) in [5.74, 6) is -0.192. The van der Waals surface area contributed by atoms with Gasteiger partial charge in [0.25, 0.3) is 0 Å². The van der Waals surface area contributed by atoms with E-state index in [1.165, 1.54) is 11.8 Å².